The number of benzene rings is 6. The van der Waals surface area contributed by atoms with E-state index >= 15 is 0 Å². The molecule has 0 bridgehead atoms. The Labute approximate surface area is 291 Å². The van der Waals surface area contributed by atoms with E-state index in [0.29, 0.717) is 13.1 Å². The molecule has 0 spiro atoms. The highest BCUT2D eigenvalue weighted by Gasteiger charge is 2.22. The average Bonchev–Trinajstić information content (AvgIpc) is 3.15. The Hall–Kier alpha value is -5.74. The van der Waals surface area contributed by atoms with Crippen molar-refractivity contribution in [3.8, 4) is 0 Å². The Balaban J connectivity index is 1.15. The largest absolute Gasteiger partial charge is 0.343 e. The maximum atomic E-state index is 4.94. The molecule has 49 heavy (non-hydrogen) atoms. The molecule has 6 rings (SSSR count). The summed E-state index contributed by atoms with van der Waals surface area (Å²) in [7, 11) is 0. The van der Waals surface area contributed by atoms with Gasteiger partial charge in [-0.1, -0.05) is 146 Å². The molecule has 0 radical (unpaired) electrons. The summed E-state index contributed by atoms with van der Waals surface area (Å²) in [5, 5.41) is 7.33. The third kappa shape index (κ3) is 8.79. The third-order valence-electron chi connectivity index (χ3n) is 8.60. The summed E-state index contributed by atoms with van der Waals surface area (Å²) in [6.07, 6.45) is 0.847. The lowest BCUT2D eigenvalue weighted by molar-refractivity contribution is 1.03. The highest BCUT2D eigenvalue weighted by atomic mass is 15.0. The number of anilines is 2. The van der Waals surface area contributed by atoms with Crippen molar-refractivity contribution >= 4 is 23.0 Å². The lowest BCUT2D eigenvalue weighted by Gasteiger charge is -2.22. The van der Waals surface area contributed by atoms with Crippen LogP contribution in [0, 0.1) is 0 Å². The first kappa shape index (κ1) is 33.2. The van der Waals surface area contributed by atoms with Gasteiger partial charge in [0, 0.05) is 24.5 Å². The van der Waals surface area contributed by atoms with Gasteiger partial charge in [-0.05, 0) is 77.9 Å². The van der Waals surface area contributed by atoms with E-state index in [0.717, 1.165) is 29.5 Å². The smallest absolute Gasteiger partial charge is 0.113 e. The van der Waals surface area contributed by atoms with Crippen molar-refractivity contribution in [2.24, 2.45) is 9.98 Å². The number of amidine groups is 2. The van der Waals surface area contributed by atoms with Gasteiger partial charge in [0.05, 0.1) is 11.8 Å². The van der Waals surface area contributed by atoms with E-state index in [1.165, 1.54) is 33.4 Å². The summed E-state index contributed by atoms with van der Waals surface area (Å²) in [4.78, 5) is 9.88. The predicted molar refractivity (Wildman–Crippen MR) is 208 cm³/mol. The molecular weight excluding hydrogens is 597 g/mol. The Bertz CT molecular complexity index is 1690. The summed E-state index contributed by atoms with van der Waals surface area (Å²) in [6, 6.07) is 59.8. The average molecular weight is 641 g/mol. The van der Waals surface area contributed by atoms with Crippen LogP contribution in [0.2, 0.25) is 0 Å². The molecule has 0 unspecified atom stereocenters. The van der Waals surface area contributed by atoms with Crippen LogP contribution in [0.3, 0.4) is 0 Å². The van der Waals surface area contributed by atoms with Gasteiger partial charge >= 0.3 is 0 Å². The van der Waals surface area contributed by atoms with E-state index in [9.17, 15) is 0 Å². The molecule has 0 saturated heterocycles. The van der Waals surface area contributed by atoms with Crippen LogP contribution in [0.15, 0.2) is 180 Å². The maximum absolute atomic E-state index is 4.94. The molecule has 0 aliphatic carbocycles. The summed E-state index contributed by atoms with van der Waals surface area (Å²) < 4.78 is 0. The van der Waals surface area contributed by atoms with E-state index in [2.05, 4.69) is 194 Å². The van der Waals surface area contributed by atoms with Crippen LogP contribution in [0.1, 0.15) is 59.1 Å². The van der Waals surface area contributed by atoms with E-state index in [-0.39, 0.29) is 11.8 Å². The van der Waals surface area contributed by atoms with Gasteiger partial charge in [0.2, 0.25) is 0 Å². The van der Waals surface area contributed by atoms with Gasteiger partial charge in [0.25, 0.3) is 0 Å². The molecule has 0 aromatic heterocycles. The van der Waals surface area contributed by atoms with Crippen LogP contribution in [0.4, 0.5) is 11.4 Å². The van der Waals surface area contributed by atoms with Gasteiger partial charge in [0.15, 0.2) is 0 Å². The standard InChI is InChI=1S/C45H44N4/c1-3-46-44(42(36-17-9-5-10-18-36)37-19-11-6-12-20-37)48-40-29-25-34(26-30-40)33-35-27-31-41(32-28-35)49-45(47-4-2)43(38-21-13-7-14-22-38)39-23-15-8-16-24-39/h5-32,42-43H,3-4,33H2,1-2H3,(H,46,48)(H,47,49). The zero-order valence-electron chi connectivity index (χ0n) is 28.3. The fourth-order valence-electron chi connectivity index (χ4n) is 6.29. The van der Waals surface area contributed by atoms with Crippen molar-refractivity contribution in [2.75, 3.05) is 23.7 Å². The lowest BCUT2D eigenvalue weighted by Crippen LogP contribution is -2.23. The minimum atomic E-state index is 0.0210. The van der Waals surface area contributed by atoms with E-state index in [1.807, 2.05) is 0 Å². The van der Waals surface area contributed by atoms with E-state index in [1.54, 1.807) is 0 Å². The van der Waals surface area contributed by atoms with Crippen molar-refractivity contribution in [3.63, 3.8) is 0 Å². The summed E-state index contributed by atoms with van der Waals surface area (Å²) in [5.74, 6) is 1.94. The van der Waals surface area contributed by atoms with Gasteiger partial charge in [-0.3, -0.25) is 9.98 Å². The molecule has 6 aromatic carbocycles. The van der Waals surface area contributed by atoms with Crippen LogP contribution < -0.4 is 10.6 Å². The molecule has 0 heterocycles. The van der Waals surface area contributed by atoms with Gasteiger partial charge in [-0.25, -0.2) is 0 Å². The van der Waals surface area contributed by atoms with Crippen molar-refractivity contribution in [3.05, 3.63) is 203 Å². The SMILES string of the molecule is CCN=C(Nc1ccc(Cc2ccc(NC(=NCC)C(c3ccccc3)c3ccccc3)cc2)cc1)C(c1ccccc1)c1ccccc1. The number of aliphatic imine (C=N–C) groups is 2. The predicted octanol–water partition coefficient (Wildman–Crippen LogP) is 10.6. The second-order valence-corrected chi connectivity index (χ2v) is 12.0. The van der Waals surface area contributed by atoms with Crippen molar-refractivity contribution in [1.29, 1.82) is 0 Å². The Morgan fingerprint density at radius 3 is 0.959 bits per heavy atom. The highest BCUT2D eigenvalue weighted by Crippen LogP contribution is 2.29. The molecule has 0 aliphatic heterocycles. The van der Waals surface area contributed by atoms with Gasteiger partial charge < -0.3 is 10.6 Å². The molecule has 2 N–H and O–H groups in total. The minimum Gasteiger partial charge on any atom is -0.343 e. The molecule has 0 aliphatic rings. The van der Waals surface area contributed by atoms with Crippen molar-refractivity contribution in [1.82, 2.24) is 0 Å². The highest BCUT2D eigenvalue weighted by molar-refractivity contribution is 6.03. The number of nitrogens with zero attached hydrogens (tertiary/aromatic N) is 2. The normalized spacial score (nSPS) is 11.9. The van der Waals surface area contributed by atoms with Crippen LogP contribution in [-0.4, -0.2) is 24.8 Å². The number of hydrogen-bond acceptors (Lipinski definition) is 2. The summed E-state index contributed by atoms with van der Waals surface area (Å²) in [5.41, 5.74) is 9.42. The first-order valence-corrected chi connectivity index (χ1v) is 17.2. The molecule has 0 amide bonds. The second kappa shape index (κ2) is 16.9. The molecule has 4 heteroatoms. The Morgan fingerprint density at radius 1 is 0.408 bits per heavy atom. The Morgan fingerprint density at radius 2 is 0.694 bits per heavy atom. The number of nitrogens with one attached hydrogen (secondary N) is 2. The molecule has 6 aromatic rings. The molecule has 244 valence electrons. The molecule has 4 nitrogen and oxygen atoms in total. The summed E-state index contributed by atoms with van der Waals surface area (Å²) in [6.45, 7) is 5.57. The molecule has 0 atom stereocenters. The van der Waals surface area contributed by atoms with E-state index in [4.69, 9.17) is 9.98 Å². The Kier molecular flexibility index (Phi) is 11.4. The second-order valence-electron chi connectivity index (χ2n) is 12.0. The number of hydrogen-bond donors (Lipinski definition) is 2. The van der Waals surface area contributed by atoms with Crippen LogP contribution in [0.25, 0.3) is 0 Å². The van der Waals surface area contributed by atoms with Crippen molar-refractivity contribution in [2.45, 2.75) is 32.1 Å². The van der Waals surface area contributed by atoms with Crippen LogP contribution >= 0.6 is 0 Å². The molecule has 0 fully saturated rings. The van der Waals surface area contributed by atoms with Crippen LogP contribution in [-0.2, 0) is 6.42 Å². The maximum Gasteiger partial charge on any atom is 0.113 e. The topological polar surface area (TPSA) is 48.8 Å². The third-order valence-corrected chi connectivity index (χ3v) is 8.60. The zero-order valence-corrected chi connectivity index (χ0v) is 28.3. The zero-order chi connectivity index (χ0) is 33.7. The fourth-order valence-corrected chi connectivity index (χ4v) is 6.29. The molecular formula is C45H44N4. The first-order valence-electron chi connectivity index (χ1n) is 17.2. The minimum absolute atomic E-state index is 0.0210. The van der Waals surface area contributed by atoms with E-state index < -0.39 is 0 Å². The first-order chi connectivity index (χ1) is 24.2. The lowest BCUT2D eigenvalue weighted by atomic mass is 9.90. The quantitative estimate of drug-likeness (QED) is 0.103. The van der Waals surface area contributed by atoms with Gasteiger partial charge in [-0.15, -0.1) is 0 Å². The van der Waals surface area contributed by atoms with Crippen LogP contribution in [0.5, 0.6) is 0 Å². The summed E-state index contributed by atoms with van der Waals surface area (Å²) >= 11 is 0. The monoisotopic (exact) mass is 640 g/mol. The van der Waals surface area contributed by atoms with Crippen molar-refractivity contribution < 1.29 is 0 Å². The number of rotatable bonds is 12. The van der Waals surface area contributed by atoms with Gasteiger partial charge in [0.1, 0.15) is 11.7 Å². The van der Waals surface area contributed by atoms with Gasteiger partial charge in [-0.2, -0.15) is 0 Å². The fraction of sp³-hybridized carbons (Fsp3) is 0.156. The molecule has 0 saturated carbocycles.